The van der Waals surface area contributed by atoms with Crippen LogP contribution in [0.3, 0.4) is 0 Å². The number of carbonyl (C=O) groups excluding carboxylic acids is 1. The van der Waals surface area contributed by atoms with Crippen LogP contribution in [0.15, 0.2) is 24.3 Å². The molecule has 0 saturated heterocycles. The van der Waals surface area contributed by atoms with Crippen LogP contribution in [0.2, 0.25) is 0 Å². The second-order valence-corrected chi connectivity index (χ2v) is 5.00. The molecule has 0 aliphatic heterocycles. The number of nitrogens with one attached hydrogen (secondary N) is 2. The molecule has 20 heavy (non-hydrogen) atoms. The third-order valence-corrected chi connectivity index (χ3v) is 3.24. The minimum atomic E-state index is -0.924. The average molecular weight is 280 g/mol. The number of carbonyl (C=O) groups is 2. The first-order valence-electron chi connectivity index (χ1n) is 6.55. The molecular formula is C14H17FN2O3. The highest BCUT2D eigenvalue weighted by molar-refractivity contribution is 5.75. The highest BCUT2D eigenvalue weighted by atomic mass is 19.1. The summed E-state index contributed by atoms with van der Waals surface area (Å²) in [6.07, 6.45) is 1.82. The standard InChI is InChI=1S/C14H17FN2O3/c15-11-3-1-2-9(6-11)8-16-14(20)17-12(7-13(18)19)10-4-5-10/h1-3,6,10,12H,4-5,7-8H2,(H,18,19)(H2,16,17,20). The van der Waals surface area contributed by atoms with Crippen LogP contribution >= 0.6 is 0 Å². The minimum Gasteiger partial charge on any atom is -0.481 e. The molecular weight excluding hydrogens is 263 g/mol. The molecule has 1 unspecified atom stereocenters. The summed E-state index contributed by atoms with van der Waals surface area (Å²) in [5.41, 5.74) is 0.654. The lowest BCUT2D eigenvalue weighted by atomic mass is 10.1. The predicted octanol–water partition coefficient (Wildman–Crippen LogP) is 1.88. The van der Waals surface area contributed by atoms with Crippen molar-refractivity contribution in [3.63, 3.8) is 0 Å². The second kappa shape index (κ2) is 6.36. The van der Waals surface area contributed by atoms with E-state index in [0.29, 0.717) is 5.56 Å². The van der Waals surface area contributed by atoms with Gasteiger partial charge in [-0.15, -0.1) is 0 Å². The van der Waals surface area contributed by atoms with Gasteiger partial charge in [0.15, 0.2) is 0 Å². The van der Waals surface area contributed by atoms with Crippen LogP contribution < -0.4 is 10.6 Å². The maximum Gasteiger partial charge on any atom is 0.315 e. The third-order valence-electron chi connectivity index (χ3n) is 3.24. The van der Waals surface area contributed by atoms with Gasteiger partial charge in [0.2, 0.25) is 0 Å². The van der Waals surface area contributed by atoms with Crippen LogP contribution in [0, 0.1) is 11.7 Å². The van der Waals surface area contributed by atoms with Crippen molar-refractivity contribution in [3.05, 3.63) is 35.6 Å². The molecule has 1 aliphatic rings. The average Bonchev–Trinajstić information content (AvgIpc) is 3.19. The summed E-state index contributed by atoms with van der Waals surface area (Å²) >= 11 is 0. The molecule has 0 heterocycles. The minimum absolute atomic E-state index is 0.0714. The number of hydrogen-bond acceptors (Lipinski definition) is 2. The Bertz CT molecular complexity index is 503. The Hall–Kier alpha value is -2.11. The summed E-state index contributed by atoms with van der Waals surface area (Å²) < 4.78 is 13.0. The first kappa shape index (κ1) is 14.3. The van der Waals surface area contributed by atoms with Gasteiger partial charge in [-0.25, -0.2) is 9.18 Å². The van der Waals surface area contributed by atoms with Crippen LogP contribution in [-0.2, 0) is 11.3 Å². The molecule has 5 nitrogen and oxygen atoms in total. The van der Waals surface area contributed by atoms with Gasteiger partial charge in [0.25, 0.3) is 0 Å². The van der Waals surface area contributed by atoms with Gasteiger partial charge in [-0.05, 0) is 36.5 Å². The highest BCUT2D eigenvalue weighted by Gasteiger charge is 2.33. The topological polar surface area (TPSA) is 78.4 Å². The number of benzene rings is 1. The number of aliphatic carboxylic acids is 1. The van der Waals surface area contributed by atoms with Gasteiger partial charge < -0.3 is 15.7 Å². The summed E-state index contributed by atoms with van der Waals surface area (Å²) in [5.74, 6) is -1.02. The Morgan fingerprint density at radius 3 is 2.75 bits per heavy atom. The van der Waals surface area contributed by atoms with E-state index in [-0.39, 0.29) is 30.7 Å². The lowest BCUT2D eigenvalue weighted by molar-refractivity contribution is -0.137. The summed E-state index contributed by atoms with van der Waals surface area (Å²) in [4.78, 5) is 22.4. The molecule has 3 N–H and O–H groups in total. The molecule has 0 radical (unpaired) electrons. The highest BCUT2D eigenvalue weighted by Crippen LogP contribution is 2.33. The Morgan fingerprint density at radius 2 is 2.15 bits per heavy atom. The van der Waals surface area contributed by atoms with Crippen LogP contribution in [0.25, 0.3) is 0 Å². The zero-order chi connectivity index (χ0) is 14.5. The van der Waals surface area contributed by atoms with E-state index in [1.807, 2.05) is 0 Å². The molecule has 1 aromatic carbocycles. The molecule has 2 rings (SSSR count). The summed E-state index contributed by atoms with van der Waals surface area (Å²) in [5, 5.41) is 14.1. The van der Waals surface area contributed by atoms with Gasteiger partial charge in [-0.3, -0.25) is 4.79 Å². The van der Waals surface area contributed by atoms with E-state index < -0.39 is 12.0 Å². The molecule has 108 valence electrons. The van der Waals surface area contributed by atoms with Crippen LogP contribution in [-0.4, -0.2) is 23.1 Å². The number of halogens is 1. The van der Waals surface area contributed by atoms with Crippen LogP contribution in [0.4, 0.5) is 9.18 Å². The van der Waals surface area contributed by atoms with E-state index in [4.69, 9.17) is 5.11 Å². The number of urea groups is 1. The molecule has 1 saturated carbocycles. The molecule has 1 fully saturated rings. The van der Waals surface area contributed by atoms with Gasteiger partial charge in [0.05, 0.1) is 6.42 Å². The summed E-state index contributed by atoms with van der Waals surface area (Å²) in [7, 11) is 0. The number of carboxylic acid groups (broad SMARTS) is 1. The molecule has 0 bridgehead atoms. The van der Waals surface area contributed by atoms with E-state index in [1.54, 1.807) is 12.1 Å². The van der Waals surface area contributed by atoms with E-state index in [9.17, 15) is 14.0 Å². The molecule has 6 heteroatoms. The van der Waals surface area contributed by atoms with Crippen molar-refractivity contribution in [2.24, 2.45) is 5.92 Å². The van der Waals surface area contributed by atoms with Crippen LogP contribution in [0.1, 0.15) is 24.8 Å². The fourth-order valence-electron chi connectivity index (χ4n) is 2.07. The predicted molar refractivity (Wildman–Crippen MR) is 70.5 cm³/mol. The fourth-order valence-corrected chi connectivity index (χ4v) is 2.07. The zero-order valence-corrected chi connectivity index (χ0v) is 10.9. The fraction of sp³-hybridized carbons (Fsp3) is 0.429. The number of rotatable bonds is 6. The first-order chi connectivity index (χ1) is 9.54. The largest absolute Gasteiger partial charge is 0.481 e. The van der Waals surface area contributed by atoms with E-state index in [0.717, 1.165) is 12.8 Å². The van der Waals surface area contributed by atoms with Crippen molar-refractivity contribution in [2.75, 3.05) is 0 Å². The van der Waals surface area contributed by atoms with Crippen molar-refractivity contribution in [3.8, 4) is 0 Å². The van der Waals surface area contributed by atoms with Crippen LogP contribution in [0.5, 0.6) is 0 Å². The zero-order valence-electron chi connectivity index (χ0n) is 10.9. The van der Waals surface area contributed by atoms with Gasteiger partial charge >= 0.3 is 12.0 Å². The van der Waals surface area contributed by atoms with Gasteiger partial charge in [0.1, 0.15) is 5.82 Å². The monoisotopic (exact) mass is 280 g/mol. The normalized spacial score (nSPS) is 15.4. The van der Waals surface area contributed by atoms with Gasteiger partial charge in [-0.2, -0.15) is 0 Å². The van der Waals surface area contributed by atoms with E-state index in [2.05, 4.69) is 10.6 Å². The Balaban J connectivity index is 1.80. The molecule has 2 amide bonds. The Morgan fingerprint density at radius 1 is 1.40 bits per heavy atom. The first-order valence-corrected chi connectivity index (χ1v) is 6.55. The van der Waals surface area contributed by atoms with Crippen molar-refractivity contribution >= 4 is 12.0 Å². The van der Waals surface area contributed by atoms with Gasteiger partial charge in [-0.1, -0.05) is 12.1 Å². The quantitative estimate of drug-likeness (QED) is 0.744. The Kier molecular flexibility index (Phi) is 4.55. The summed E-state index contributed by atoms with van der Waals surface area (Å²) in [6, 6.07) is 5.20. The number of carboxylic acids is 1. The molecule has 1 aromatic rings. The molecule has 0 spiro atoms. The lowest BCUT2D eigenvalue weighted by Gasteiger charge is -2.16. The smallest absolute Gasteiger partial charge is 0.315 e. The number of hydrogen-bond donors (Lipinski definition) is 3. The van der Waals surface area contributed by atoms with Crippen molar-refractivity contribution in [1.82, 2.24) is 10.6 Å². The number of amides is 2. The summed E-state index contributed by atoms with van der Waals surface area (Å²) in [6.45, 7) is 0.202. The molecule has 1 aliphatic carbocycles. The third kappa shape index (κ3) is 4.53. The van der Waals surface area contributed by atoms with Gasteiger partial charge in [0, 0.05) is 12.6 Å². The lowest BCUT2D eigenvalue weighted by Crippen LogP contribution is -2.43. The van der Waals surface area contributed by atoms with Crippen molar-refractivity contribution in [2.45, 2.75) is 31.8 Å². The Labute approximate surface area is 116 Å². The molecule has 1 atom stereocenters. The molecule has 0 aromatic heterocycles. The second-order valence-electron chi connectivity index (χ2n) is 5.00. The maximum atomic E-state index is 13.0. The SMILES string of the molecule is O=C(O)CC(NC(=O)NCc1cccc(F)c1)C1CC1. The van der Waals surface area contributed by atoms with Crippen molar-refractivity contribution < 1.29 is 19.1 Å². The van der Waals surface area contributed by atoms with Crippen molar-refractivity contribution in [1.29, 1.82) is 0 Å². The van der Waals surface area contributed by atoms with E-state index >= 15 is 0 Å². The maximum absolute atomic E-state index is 13.0. The van der Waals surface area contributed by atoms with E-state index in [1.165, 1.54) is 12.1 Å².